The molecule has 0 aliphatic carbocycles. The van der Waals surface area contributed by atoms with Gasteiger partial charge in [-0.2, -0.15) is 0 Å². The minimum Gasteiger partial charge on any atom is -0.497 e. The zero-order chi connectivity index (χ0) is 19.4. The molecule has 1 saturated heterocycles. The smallest absolute Gasteiger partial charge is 0.130 e. The Kier molecular flexibility index (Phi) is 5.47. The van der Waals surface area contributed by atoms with Crippen molar-refractivity contribution in [3.05, 3.63) is 102 Å². The highest BCUT2D eigenvalue weighted by molar-refractivity contribution is 5.39. The molecule has 1 aliphatic heterocycles. The Morgan fingerprint density at radius 3 is 2.00 bits per heavy atom. The SMILES string of the molecule is COc1ccc(CN2CCC[C@@H]2C(O)(c2ccccc2)c2ccccc2)cc1. The highest BCUT2D eigenvalue weighted by atomic mass is 16.5. The first-order chi connectivity index (χ1) is 13.7. The monoisotopic (exact) mass is 373 g/mol. The van der Waals surface area contributed by atoms with Gasteiger partial charge >= 0.3 is 0 Å². The van der Waals surface area contributed by atoms with Crippen LogP contribution in [0.2, 0.25) is 0 Å². The predicted octanol–water partition coefficient (Wildman–Crippen LogP) is 4.60. The summed E-state index contributed by atoms with van der Waals surface area (Å²) in [6.45, 7) is 1.80. The number of ether oxygens (including phenoxy) is 1. The molecule has 3 nitrogen and oxygen atoms in total. The van der Waals surface area contributed by atoms with Crippen molar-refractivity contribution in [3.8, 4) is 5.75 Å². The van der Waals surface area contributed by atoms with Gasteiger partial charge in [0.1, 0.15) is 11.4 Å². The summed E-state index contributed by atoms with van der Waals surface area (Å²) < 4.78 is 5.28. The molecular weight excluding hydrogens is 346 g/mol. The second-order valence-corrected chi connectivity index (χ2v) is 7.48. The number of rotatable bonds is 6. The van der Waals surface area contributed by atoms with Gasteiger partial charge in [0, 0.05) is 12.6 Å². The Bertz CT molecular complexity index is 838. The minimum absolute atomic E-state index is 0.0272. The average molecular weight is 373 g/mol. The Balaban J connectivity index is 1.69. The van der Waals surface area contributed by atoms with Gasteiger partial charge in [-0.25, -0.2) is 0 Å². The number of methoxy groups -OCH3 is 1. The van der Waals surface area contributed by atoms with Crippen molar-refractivity contribution >= 4 is 0 Å². The fourth-order valence-electron chi connectivity index (χ4n) is 4.39. The molecule has 4 rings (SSSR count). The van der Waals surface area contributed by atoms with E-state index in [1.165, 1.54) is 5.56 Å². The maximum atomic E-state index is 12.1. The van der Waals surface area contributed by atoms with E-state index in [1.54, 1.807) is 7.11 Å². The molecule has 1 heterocycles. The molecule has 3 heteroatoms. The highest BCUT2D eigenvalue weighted by Crippen LogP contribution is 2.40. The number of benzene rings is 3. The molecular formula is C25H27NO2. The fourth-order valence-corrected chi connectivity index (χ4v) is 4.39. The van der Waals surface area contributed by atoms with Gasteiger partial charge in [-0.1, -0.05) is 72.8 Å². The molecule has 0 aromatic heterocycles. The largest absolute Gasteiger partial charge is 0.497 e. The van der Waals surface area contributed by atoms with Crippen LogP contribution in [0.3, 0.4) is 0 Å². The van der Waals surface area contributed by atoms with E-state index in [1.807, 2.05) is 72.8 Å². The maximum absolute atomic E-state index is 12.1. The van der Waals surface area contributed by atoms with Crippen LogP contribution in [-0.4, -0.2) is 29.7 Å². The number of hydrogen-bond acceptors (Lipinski definition) is 3. The molecule has 1 aliphatic rings. The number of aliphatic hydroxyl groups is 1. The van der Waals surface area contributed by atoms with E-state index < -0.39 is 5.60 Å². The van der Waals surface area contributed by atoms with Gasteiger partial charge in [-0.3, -0.25) is 4.90 Å². The van der Waals surface area contributed by atoms with E-state index in [4.69, 9.17) is 4.74 Å². The van der Waals surface area contributed by atoms with Crippen molar-refractivity contribution in [2.24, 2.45) is 0 Å². The van der Waals surface area contributed by atoms with Crippen molar-refractivity contribution in [2.45, 2.75) is 31.0 Å². The van der Waals surface area contributed by atoms with Crippen LogP contribution in [0.4, 0.5) is 0 Å². The zero-order valence-electron chi connectivity index (χ0n) is 16.3. The van der Waals surface area contributed by atoms with Crippen LogP contribution in [-0.2, 0) is 12.1 Å². The van der Waals surface area contributed by atoms with Crippen molar-refractivity contribution in [2.75, 3.05) is 13.7 Å². The van der Waals surface area contributed by atoms with Crippen LogP contribution in [0.25, 0.3) is 0 Å². The highest BCUT2D eigenvalue weighted by Gasteiger charge is 2.45. The first-order valence-electron chi connectivity index (χ1n) is 9.92. The molecule has 1 fully saturated rings. The van der Waals surface area contributed by atoms with Crippen LogP contribution in [0.15, 0.2) is 84.9 Å². The second kappa shape index (κ2) is 8.17. The summed E-state index contributed by atoms with van der Waals surface area (Å²) in [6.07, 6.45) is 2.05. The van der Waals surface area contributed by atoms with Gasteiger partial charge in [0.2, 0.25) is 0 Å². The van der Waals surface area contributed by atoms with Crippen LogP contribution in [0.5, 0.6) is 5.75 Å². The van der Waals surface area contributed by atoms with Gasteiger partial charge in [0.15, 0.2) is 0 Å². The third-order valence-corrected chi connectivity index (χ3v) is 5.82. The quantitative estimate of drug-likeness (QED) is 0.686. The first kappa shape index (κ1) is 18.7. The van der Waals surface area contributed by atoms with Gasteiger partial charge in [0.25, 0.3) is 0 Å². The van der Waals surface area contributed by atoms with E-state index in [-0.39, 0.29) is 6.04 Å². The molecule has 0 bridgehead atoms. The lowest BCUT2D eigenvalue weighted by Gasteiger charge is -2.40. The average Bonchev–Trinajstić information content (AvgIpc) is 3.23. The van der Waals surface area contributed by atoms with Crippen LogP contribution < -0.4 is 4.74 Å². The zero-order valence-corrected chi connectivity index (χ0v) is 16.3. The van der Waals surface area contributed by atoms with Crippen LogP contribution in [0, 0.1) is 0 Å². The molecule has 144 valence electrons. The molecule has 0 amide bonds. The molecule has 1 N–H and O–H groups in total. The normalized spacial score (nSPS) is 17.6. The molecule has 3 aromatic carbocycles. The standard InChI is InChI=1S/C25H27NO2/c1-28-23-16-14-20(15-17-23)19-26-18-8-13-24(26)25(27,21-9-4-2-5-10-21)22-11-6-3-7-12-22/h2-7,9-12,14-17,24,27H,8,13,18-19H2,1H3/t24-/m1/s1. The van der Waals surface area contributed by atoms with E-state index in [0.717, 1.165) is 42.8 Å². The molecule has 1 atom stereocenters. The summed E-state index contributed by atoms with van der Waals surface area (Å²) in [5.41, 5.74) is 2.10. The minimum atomic E-state index is -1.04. The molecule has 0 unspecified atom stereocenters. The Labute approximate surface area is 167 Å². The number of hydrogen-bond donors (Lipinski definition) is 1. The summed E-state index contributed by atoms with van der Waals surface area (Å²) in [4.78, 5) is 2.42. The molecule has 0 spiro atoms. The molecule has 0 radical (unpaired) electrons. The van der Waals surface area contributed by atoms with Crippen molar-refractivity contribution in [3.63, 3.8) is 0 Å². The van der Waals surface area contributed by atoms with Crippen LogP contribution in [0.1, 0.15) is 29.5 Å². The predicted molar refractivity (Wildman–Crippen MR) is 112 cm³/mol. The molecule has 28 heavy (non-hydrogen) atoms. The summed E-state index contributed by atoms with van der Waals surface area (Å²) in [5.74, 6) is 0.867. The van der Waals surface area contributed by atoms with E-state index in [9.17, 15) is 5.11 Å². The van der Waals surface area contributed by atoms with E-state index in [0.29, 0.717) is 0 Å². The lowest BCUT2D eigenvalue weighted by molar-refractivity contribution is -0.00653. The third-order valence-electron chi connectivity index (χ3n) is 5.82. The molecule has 3 aromatic rings. The second-order valence-electron chi connectivity index (χ2n) is 7.48. The van der Waals surface area contributed by atoms with Crippen molar-refractivity contribution < 1.29 is 9.84 Å². The van der Waals surface area contributed by atoms with E-state index >= 15 is 0 Å². The van der Waals surface area contributed by atoms with Gasteiger partial charge < -0.3 is 9.84 Å². The Morgan fingerprint density at radius 2 is 1.46 bits per heavy atom. The van der Waals surface area contributed by atoms with Gasteiger partial charge in [0.05, 0.1) is 7.11 Å². The number of likely N-dealkylation sites (tertiary alicyclic amines) is 1. The number of nitrogens with zero attached hydrogens (tertiary/aromatic N) is 1. The summed E-state index contributed by atoms with van der Waals surface area (Å²) in [5, 5.41) is 12.1. The summed E-state index contributed by atoms with van der Waals surface area (Å²) in [6, 6.07) is 28.4. The Morgan fingerprint density at radius 1 is 0.893 bits per heavy atom. The van der Waals surface area contributed by atoms with Crippen LogP contribution >= 0.6 is 0 Å². The van der Waals surface area contributed by atoms with Gasteiger partial charge in [-0.15, -0.1) is 0 Å². The topological polar surface area (TPSA) is 32.7 Å². The Hall–Kier alpha value is -2.62. The summed E-state index contributed by atoms with van der Waals surface area (Å²) >= 11 is 0. The van der Waals surface area contributed by atoms with Crippen molar-refractivity contribution in [1.29, 1.82) is 0 Å². The lowest BCUT2D eigenvalue weighted by Crippen LogP contribution is -2.48. The molecule has 0 saturated carbocycles. The van der Waals surface area contributed by atoms with E-state index in [2.05, 4.69) is 17.0 Å². The maximum Gasteiger partial charge on any atom is 0.130 e. The first-order valence-corrected chi connectivity index (χ1v) is 9.92. The van der Waals surface area contributed by atoms with Crippen molar-refractivity contribution in [1.82, 2.24) is 4.90 Å². The summed E-state index contributed by atoms with van der Waals surface area (Å²) in [7, 11) is 1.69. The van der Waals surface area contributed by atoms with Gasteiger partial charge in [-0.05, 0) is 48.2 Å². The third kappa shape index (κ3) is 3.56. The lowest BCUT2D eigenvalue weighted by atomic mass is 9.79. The fraction of sp³-hybridized carbons (Fsp3) is 0.280.